The zero-order chi connectivity index (χ0) is 12.3. The van der Waals surface area contributed by atoms with Crippen LogP contribution in [0.5, 0.6) is 0 Å². The maximum absolute atomic E-state index is 5.68. The summed E-state index contributed by atoms with van der Waals surface area (Å²) < 4.78 is 2.21. The normalized spacial score (nSPS) is 12.6. The van der Waals surface area contributed by atoms with Crippen LogP contribution in [-0.4, -0.2) is 9.55 Å². The number of rotatable bonds is 4. The van der Waals surface area contributed by atoms with Crippen molar-refractivity contribution >= 4 is 5.69 Å². The van der Waals surface area contributed by atoms with E-state index in [1.807, 2.05) is 24.7 Å². The third-order valence-corrected chi connectivity index (χ3v) is 3.19. The Morgan fingerprint density at radius 1 is 1.29 bits per heavy atom. The summed E-state index contributed by atoms with van der Waals surface area (Å²) in [5.41, 5.74) is 9.03. The number of imidazole rings is 1. The highest BCUT2D eigenvalue weighted by atomic mass is 15.0. The zero-order valence-electron chi connectivity index (χ0n) is 10.4. The lowest BCUT2D eigenvalue weighted by atomic mass is 10.1. The third kappa shape index (κ3) is 2.67. The second-order valence-corrected chi connectivity index (χ2v) is 4.50. The van der Waals surface area contributed by atoms with Crippen molar-refractivity contribution in [2.24, 2.45) is 0 Å². The van der Waals surface area contributed by atoms with Crippen molar-refractivity contribution in [3.63, 3.8) is 0 Å². The number of aromatic nitrogens is 2. The van der Waals surface area contributed by atoms with Gasteiger partial charge in [0.05, 0.1) is 6.33 Å². The van der Waals surface area contributed by atoms with E-state index in [0.29, 0.717) is 5.92 Å². The Balaban J connectivity index is 2.18. The van der Waals surface area contributed by atoms with Crippen molar-refractivity contribution in [2.45, 2.75) is 32.7 Å². The van der Waals surface area contributed by atoms with Crippen molar-refractivity contribution in [1.82, 2.24) is 9.55 Å². The number of nitrogens with two attached hydrogens (primary N) is 1. The summed E-state index contributed by atoms with van der Waals surface area (Å²) in [5.74, 6) is 0.547. The number of hydrogen-bond donors (Lipinski definition) is 1. The van der Waals surface area contributed by atoms with Crippen LogP contribution < -0.4 is 5.73 Å². The van der Waals surface area contributed by atoms with Gasteiger partial charge in [-0.3, -0.25) is 0 Å². The summed E-state index contributed by atoms with van der Waals surface area (Å²) in [6, 6.07) is 8.01. The van der Waals surface area contributed by atoms with Crippen molar-refractivity contribution in [2.75, 3.05) is 5.73 Å². The van der Waals surface area contributed by atoms with Crippen LogP contribution in [0.3, 0.4) is 0 Å². The van der Waals surface area contributed by atoms with Crippen LogP contribution in [0, 0.1) is 0 Å². The molecule has 0 bridgehead atoms. The number of anilines is 1. The molecule has 17 heavy (non-hydrogen) atoms. The number of nitrogen functional groups attached to an aromatic ring is 1. The van der Waals surface area contributed by atoms with E-state index < -0.39 is 0 Å². The van der Waals surface area contributed by atoms with Crippen molar-refractivity contribution < 1.29 is 0 Å². The Kier molecular flexibility index (Phi) is 3.47. The second-order valence-electron chi connectivity index (χ2n) is 4.50. The molecule has 0 fully saturated rings. The Labute approximate surface area is 102 Å². The molecular weight excluding hydrogens is 210 g/mol. The lowest BCUT2D eigenvalue weighted by Gasteiger charge is -2.13. The highest BCUT2D eigenvalue weighted by Crippen LogP contribution is 2.19. The van der Waals surface area contributed by atoms with Crippen LogP contribution in [0.1, 0.15) is 37.4 Å². The average molecular weight is 229 g/mol. The predicted octanol–water partition coefficient (Wildman–Crippen LogP) is 3.03. The molecule has 2 rings (SSSR count). The molecule has 0 radical (unpaired) electrons. The molecule has 1 atom stereocenters. The maximum atomic E-state index is 5.68. The summed E-state index contributed by atoms with van der Waals surface area (Å²) in [4.78, 5) is 4.24. The molecule has 90 valence electrons. The summed E-state index contributed by atoms with van der Waals surface area (Å²) >= 11 is 0. The van der Waals surface area contributed by atoms with E-state index in [9.17, 15) is 0 Å². The third-order valence-electron chi connectivity index (χ3n) is 3.19. The van der Waals surface area contributed by atoms with Gasteiger partial charge < -0.3 is 10.3 Å². The van der Waals surface area contributed by atoms with E-state index in [1.165, 1.54) is 11.3 Å². The van der Waals surface area contributed by atoms with E-state index in [2.05, 4.69) is 35.5 Å². The lowest BCUT2D eigenvalue weighted by molar-refractivity contribution is 0.640. The summed E-state index contributed by atoms with van der Waals surface area (Å²) in [5, 5.41) is 0. The number of hydrogen-bond acceptors (Lipinski definition) is 2. The molecule has 3 heteroatoms. The summed E-state index contributed by atoms with van der Waals surface area (Å²) in [6.07, 6.45) is 5.00. The van der Waals surface area contributed by atoms with Gasteiger partial charge in [0.25, 0.3) is 0 Å². The van der Waals surface area contributed by atoms with Gasteiger partial charge in [-0.05, 0) is 30.0 Å². The van der Waals surface area contributed by atoms with Gasteiger partial charge in [0.1, 0.15) is 0 Å². The number of nitrogens with zero attached hydrogens (tertiary/aromatic N) is 2. The Hall–Kier alpha value is -1.77. The molecule has 1 heterocycles. The van der Waals surface area contributed by atoms with Crippen LogP contribution in [0.2, 0.25) is 0 Å². The highest BCUT2D eigenvalue weighted by Gasteiger charge is 2.09. The van der Waals surface area contributed by atoms with Crippen LogP contribution in [0.25, 0.3) is 0 Å². The van der Waals surface area contributed by atoms with Gasteiger partial charge in [-0.15, -0.1) is 0 Å². The molecule has 2 N–H and O–H groups in total. The van der Waals surface area contributed by atoms with Gasteiger partial charge >= 0.3 is 0 Å². The molecule has 1 unspecified atom stereocenters. The SMILES string of the molecule is CCC(C)c1cncn1Cc1ccc(N)cc1. The predicted molar refractivity (Wildman–Crippen MR) is 70.9 cm³/mol. The van der Waals surface area contributed by atoms with E-state index in [-0.39, 0.29) is 0 Å². The van der Waals surface area contributed by atoms with Gasteiger partial charge in [-0.1, -0.05) is 26.0 Å². The first-order chi connectivity index (χ1) is 8.20. The Bertz CT molecular complexity index is 470. The van der Waals surface area contributed by atoms with Crippen LogP contribution >= 0.6 is 0 Å². The zero-order valence-corrected chi connectivity index (χ0v) is 10.4. The fourth-order valence-electron chi connectivity index (χ4n) is 1.90. The minimum atomic E-state index is 0.547. The van der Waals surface area contributed by atoms with Gasteiger partial charge in [0.15, 0.2) is 0 Å². The molecule has 0 spiro atoms. The second kappa shape index (κ2) is 5.04. The fraction of sp³-hybridized carbons (Fsp3) is 0.357. The quantitative estimate of drug-likeness (QED) is 0.819. The minimum absolute atomic E-state index is 0.547. The molecule has 1 aromatic carbocycles. The van der Waals surface area contributed by atoms with E-state index in [4.69, 9.17) is 5.73 Å². The Morgan fingerprint density at radius 3 is 2.65 bits per heavy atom. The number of benzene rings is 1. The summed E-state index contributed by atoms with van der Waals surface area (Å²) in [7, 11) is 0. The minimum Gasteiger partial charge on any atom is -0.399 e. The van der Waals surface area contributed by atoms with Crippen LogP contribution in [-0.2, 0) is 6.54 Å². The largest absolute Gasteiger partial charge is 0.399 e. The molecule has 2 aromatic rings. The smallest absolute Gasteiger partial charge is 0.0951 e. The van der Waals surface area contributed by atoms with E-state index in [0.717, 1.165) is 18.7 Å². The first-order valence-electron chi connectivity index (χ1n) is 6.05. The molecule has 3 nitrogen and oxygen atoms in total. The molecule has 1 aromatic heterocycles. The molecule has 0 saturated carbocycles. The van der Waals surface area contributed by atoms with Gasteiger partial charge in [-0.25, -0.2) is 4.98 Å². The average Bonchev–Trinajstić information content (AvgIpc) is 2.79. The molecular formula is C14H19N3. The molecule has 0 aliphatic heterocycles. The highest BCUT2D eigenvalue weighted by molar-refractivity contribution is 5.39. The summed E-state index contributed by atoms with van der Waals surface area (Å²) in [6.45, 7) is 5.29. The van der Waals surface area contributed by atoms with Crippen LogP contribution in [0.15, 0.2) is 36.8 Å². The monoisotopic (exact) mass is 229 g/mol. The fourth-order valence-corrected chi connectivity index (χ4v) is 1.90. The standard InChI is InChI=1S/C14H19N3/c1-3-11(2)14-8-16-10-17(14)9-12-4-6-13(15)7-5-12/h4-8,10-11H,3,9,15H2,1-2H3. The molecule has 0 saturated heterocycles. The topological polar surface area (TPSA) is 43.8 Å². The van der Waals surface area contributed by atoms with E-state index in [1.54, 1.807) is 0 Å². The van der Waals surface area contributed by atoms with Crippen molar-refractivity contribution in [3.8, 4) is 0 Å². The Morgan fingerprint density at radius 2 is 2.00 bits per heavy atom. The molecule has 0 amide bonds. The van der Waals surface area contributed by atoms with Crippen molar-refractivity contribution in [1.29, 1.82) is 0 Å². The molecule has 0 aliphatic rings. The first-order valence-corrected chi connectivity index (χ1v) is 6.05. The van der Waals surface area contributed by atoms with Gasteiger partial charge in [0.2, 0.25) is 0 Å². The maximum Gasteiger partial charge on any atom is 0.0951 e. The molecule has 0 aliphatic carbocycles. The van der Waals surface area contributed by atoms with Crippen LogP contribution in [0.4, 0.5) is 5.69 Å². The van der Waals surface area contributed by atoms with E-state index >= 15 is 0 Å². The van der Waals surface area contributed by atoms with Gasteiger partial charge in [-0.2, -0.15) is 0 Å². The van der Waals surface area contributed by atoms with Gasteiger partial charge in [0, 0.05) is 24.1 Å². The lowest BCUT2D eigenvalue weighted by Crippen LogP contribution is -2.05. The first kappa shape index (κ1) is 11.7. The van der Waals surface area contributed by atoms with Crippen molar-refractivity contribution in [3.05, 3.63) is 48.0 Å².